The summed E-state index contributed by atoms with van der Waals surface area (Å²) in [5.74, 6) is 0.489. The van der Waals surface area contributed by atoms with E-state index in [2.05, 4.69) is 54.5 Å². The number of aromatic nitrogens is 2. The zero-order chi connectivity index (χ0) is 18.9. The largest absolute Gasteiger partial charge is 0.298 e. The summed E-state index contributed by atoms with van der Waals surface area (Å²) in [7, 11) is -0.797. The summed E-state index contributed by atoms with van der Waals surface area (Å²) in [6, 6.07) is 8.65. The fourth-order valence-electron chi connectivity index (χ4n) is 3.62. The Morgan fingerprint density at radius 3 is 2.50 bits per heavy atom. The number of thioether (sulfide) groups is 1. The molecule has 0 N–H and O–H groups in total. The Balaban J connectivity index is 1.71. The molecule has 0 amide bonds. The molecule has 0 saturated carbocycles. The molecule has 0 aliphatic carbocycles. The van der Waals surface area contributed by atoms with Gasteiger partial charge in [0.15, 0.2) is 9.84 Å². The Hall–Kier alpha value is -1.31. The van der Waals surface area contributed by atoms with Gasteiger partial charge in [0.05, 0.1) is 23.2 Å². The van der Waals surface area contributed by atoms with Crippen molar-refractivity contribution in [2.24, 2.45) is 0 Å². The molecular weight excluding hydrogens is 366 g/mol. The fraction of sp³-hybridized carbons (Fsp3) is 0.526. The smallest absolute Gasteiger partial charge is 0.152 e. The summed E-state index contributed by atoms with van der Waals surface area (Å²) in [6.45, 7) is 5.75. The summed E-state index contributed by atoms with van der Waals surface area (Å²) in [5, 5.41) is 4.66. The SMILES string of the molecule is CSc1ccc(CN(C)Cc2c(C)nn([C@@H]3CCS(=O)(=O)C3)c2C)cc1. The molecule has 1 aromatic carbocycles. The van der Waals surface area contributed by atoms with E-state index in [0.717, 1.165) is 24.5 Å². The molecule has 2 aromatic rings. The van der Waals surface area contributed by atoms with Crippen LogP contribution in [0, 0.1) is 13.8 Å². The zero-order valence-corrected chi connectivity index (χ0v) is 17.5. The van der Waals surface area contributed by atoms with E-state index in [1.54, 1.807) is 11.8 Å². The van der Waals surface area contributed by atoms with E-state index in [1.807, 2.05) is 11.6 Å². The van der Waals surface area contributed by atoms with E-state index < -0.39 is 9.84 Å². The second-order valence-corrected chi connectivity index (χ2v) is 10.3. The van der Waals surface area contributed by atoms with Crippen molar-refractivity contribution in [1.29, 1.82) is 0 Å². The van der Waals surface area contributed by atoms with E-state index in [4.69, 9.17) is 0 Å². The van der Waals surface area contributed by atoms with Gasteiger partial charge < -0.3 is 0 Å². The molecule has 7 heteroatoms. The van der Waals surface area contributed by atoms with Gasteiger partial charge in [0, 0.05) is 29.2 Å². The van der Waals surface area contributed by atoms with Crippen molar-refractivity contribution in [2.45, 2.75) is 44.3 Å². The van der Waals surface area contributed by atoms with Crippen molar-refractivity contribution in [1.82, 2.24) is 14.7 Å². The third-order valence-corrected chi connectivity index (χ3v) is 7.56. The number of nitrogens with zero attached hydrogens (tertiary/aromatic N) is 3. The van der Waals surface area contributed by atoms with Crippen LogP contribution in [-0.2, 0) is 22.9 Å². The number of rotatable bonds is 6. The van der Waals surface area contributed by atoms with Gasteiger partial charge in [-0.15, -0.1) is 11.8 Å². The van der Waals surface area contributed by atoms with E-state index in [1.165, 1.54) is 16.0 Å². The highest BCUT2D eigenvalue weighted by Crippen LogP contribution is 2.27. The van der Waals surface area contributed by atoms with Crippen LogP contribution < -0.4 is 0 Å². The zero-order valence-electron chi connectivity index (χ0n) is 15.9. The monoisotopic (exact) mass is 393 g/mol. The van der Waals surface area contributed by atoms with Gasteiger partial charge in [-0.25, -0.2) is 8.42 Å². The van der Waals surface area contributed by atoms with Gasteiger partial charge in [0.2, 0.25) is 0 Å². The first-order chi connectivity index (χ1) is 12.3. The predicted molar refractivity (Wildman–Crippen MR) is 107 cm³/mol. The minimum absolute atomic E-state index is 0.0168. The average molecular weight is 394 g/mol. The van der Waals surface area contributed by atoms with Gasteiger partial charge in [0.25, 0.3) is 0 Å². The van der Waals surface area contributed by atoms with Gasteiger partial charge in [-0.3, -0.25) is 9.58 Å². The quantitative estimate of drug-likeness (QED) is 0.706. The fourth-order valence-corrected chi connectivity index (χ4v) is 5.72. The molecule has 0 radical (unpaired) electrons. The number of benzene rings is 1. The maximum absolute atomic E-state index is 11.8. The molecule has 142 valence electrons. The summed E-state index contributed by atoms with van der Waals surface area (Å²) in [5.41, 5.74) is 4.58. The Kier molecular flexibility index (Phi) is 5.79. The van der Waals surface area contributed by atoms with Crippen molar-refractivity contribution in [2.75, 3.05) is 24.8 Å². The number of sulfone groups is 1. The Labute approximate surface area is 160 Å². The maximum Gasteiger partial charge on any atom is 0.152 e. The lowest BCUT2D eigenvalue weighted by atomic mass is 10.1. The van der Waals surface area contributed by atoms with Gasteiger partial charge in [-0.05, 0) is 51.3 Å². The first-order valence-corrected chi connectivity index (χ1v) is 11.9. The van der Waals surface area contributed by atoms with Crippen LogP contribution in [0.2, 0.25) is 0 Å². The van der Waals surface area contributed by atoms with Crippen LogP contribution in [0.1, 0.15) is 35.0 Å². The molecule has 1 aliphatic rings. The molecule has 0 unspecified atom stereocenters. The molecule has 5 nitrogen and oxygen atoms in total. The lowest BCUT2D eigenvalue weighted by molar-refractivity contribution is 0.317. The molecular formula is C19H27N3O2S2. The lowest BCUT2D eigenvalue weighted by Crippen LogP contribution is -2.18. The topological polar surface area (TPSA) is 55.2 Å². The number of hydrogen-bond donors (Lipinski definition) is 0. The molecule has 0 spiro atoms. The molecule has 1 aliphatic heterocycles. The molecule has 1 aromatic heterocycles. The van der Waals surface area contributed by atoms with Gasteiger partial charge >= 0.3 is 0 Å². The first kappa shape index (κ1) is 19.5. The van der Waals surface area contributed by atoms with Crippen LogP contribution in [-0.4, -0.2) is 47.9 Å². The van der Waals surface area contributed by atoms with E-state index in [-0.39, 0.29) is 17.5 Å². The standard InChI is InChI=1S/C19H27N3O2S2/c1-14-19(12-21(3)11-16-5-7-18(25-4)8-6-16)15(2)22(20-14)17-9-10-26(23,24)13-17/h5-8,17H,9-13H2,1-4H3/t17-/m1/s1. The maximum atomic E-state index is 11.8. The predicted octanol–water partition coefficient (Wildman–Crippen LogP) is 3.21. The Morgan fingerprint density at radius 2 is 1.92 bits per heavy atom. The van der Waals surface area contributed by atoms with Crippen LogP contribution in [0.3, 0.4) is 0 Å². The molecule has 1 atom stereocenters. The third kappa shape index (κ3) is 4.32. The summed E-state index contributed by atoms with van der Waals surface area (Å²) in [6.07, 6.45) is 2.75. The molecule has 1 fully saturated rings. The van der Waals surface area contributed by atoms with Crippen molar-refractivity contribution < 1.29 is 8.42 Å². The third-order valence-electron chi connectivity index (χ3n) is 5.07. The Bertz CT molecular complexity index is 873. The van der Waals surface area contributed by atoms with E-state index >= 15 is 0 Å². The highest BCUT2D eigenvalue weighted by molar-refractivity contribution is 7.98. The van der Waals surface area contributed by atoms with Gasteiger partial charge in [0.1, 0.15) is 0 Å². The average Bonchev–Trinajstić information content (AvgIpc) is 3.09. The van der Waals surface area contributed by atoms with Crippen LogP contribution in [0.25, 0.3) is 0 Å². The van der Waals surface area contributed by atoms with Crippen LogP contribution in [0.4, 0.5) is 0 Å². The number of hydrogen-bond acceptors (Lipinski definition) is 5. The summed E-state index contributed by atoms with van der Waals surface area (Å²) < 4.78 is 25.5. The highest BCUT2D eigenvalue weighted by Gasteiger charge is 2.31. The summed E-state index contributed by atoms with van der Waals surface area (Å²) in [4.78, 5) is 3.55. The second kappa shape index (κ2) is 7.74. The first-order valence-electron chi connectivity index (χ1n) is 8.85. The van der Waals surface area contributed by atoms with Crippen LogP contribution >= 0.6 is 11.8 Å². The molecule has 0 bridgehead atoms. The second-order valence-electron chi connectivity index (χ2n) is 7.17. The van der Waals surface area contributed by atoms with Crippen LogP contribution in [0.15, 0.2) is 29.2 Å². The van der Waals surface area contributed by atoms with Crippen molar-refractivity contribution in [3.63, 3.8) is 0 Å². The van der Waals surface area contributed by atoms with Crippen molar-refractivity contribution >= 4 is 21.6 Å². The van der Waals surface area contributed by atoms with Gasteiger partial charge in [-0.2, -0.15) is 5.10 Å². The molecule has 26 heavy (non-hydrogen) atoms. The normalized spacial score (nSPS) is 19.3. The molecule has 1 saturated heterocycles. The number of aryl methyl sites for hydroxylation is 1. The highest BCUT2D eigenvalue weighted by atomic mass is 32.2. The van der Waals surface area contributed by atoms with Crippen molar-refractivity contribution in [3.8, 4) is 0 Å². The lowest BCUT2D eigenvalue weighted by Gasteiger charge is -2.18. The van der Waals surface area contributed by atoms with Crippen LogP contribution in [0.5, 0.6) is 0 Å². The molecule has 2 heterocycles. The molecule has 3 rings (SSSR count). The van der Waals surface area contributed by atoms with Crippen molar-refractivity contribution in [3.05, 3.63) is 46.8 Å². The van der Waals surface area contributed by atoms with Gasteiger partial charge in [-0.1, -0.05) is 12.1 Å². The Morgan fingerprint density at radius 1 is 1.23 bits per heavy atom. The minimum atomic E-state index is -2.91. The summed E-state index contributed by atoms with van der Waals surface area (Å²) >= 11 is 1.75. The minimum Gasteiger partial charge on any atom is -0.298 e. The van der Waals surface area contributed by atoms with E-state index in [9.17, 15) is 8.42 Å². The van der Waals surface area contributed by atoms with E-state index in [0.29, 0.717) is 6.42 Å².